The third kappa shape index (κ3) is 3.56. The minimum atomic E-state index is 0.698. The molecule has 0 fully saturated rings. The van der Waals surface area contributed by atoms with E-state index in [0.717, 1.165) is 37.3 Å². The molecule has 0 unspecified atom stereocenters. The van der Waals surface area contributed by atoms with Crippen LogP contribution < -0.4 is 0 Å². The number of benzene rings is 1. The first-order chi connectivity index (χ1) is 13.8. The number of nitrogens with zero attached hydrogens (tertiary/aromatic N) is 5. The van der Waals surface area contributed by atoms with Crippen molar-refractivity contribution in [3.63, 3.8) is 0 Å². The fourth-order valence-electron chi connectivity index (χ4n) is 3.51. The number of rotatable bonds is 4. The van der Waals surface area contributed by atoms with Gasteiger partial charge in [0.2, 0.25) is 0 Å². The molecule has 6 heteroatoms. The van der Waals surface area contributed by atoms with Crippen molar-refractivity contribution in [2.75, 3.05) is 6.54 Å². The molecular weight excluding hydrogens is 366 g/mol. The lowest BCUT2D eigenvalue weighted by Crippen LogP contribution is -2.30. The maximum absolute atomic E-state index is 4.80. The van der Waals surface area contributed by atoms with Gasteiger partial charge in [0.05, 0.1) is 11.3 Å². The molecule has 5 rings (SSSR count). The summed E-state index contributed by atoms with van der Waals surface area (Å²) >= 11 is 1.83. The monoisotopic (exact) mass is 385 g/mol. The fraction of sp³-hybridized carbons (Fsp3) is 0.182. The number of hydrogen-bond acceptors (Lipinski definition) is 6. The fourth-order valence-corrected chi connectivity index (χ4v) is 4.45. The summed E-state index contributed by atoms with van der Waals surface area (Å²) in [6.45, 7) is 2.82. The predicted molar refractivity (Wildman–Crippen MR) is 111 cm³/mol. The van der Waals surface area contributed by atoms with E-state index < -0.39 is 0 Å². The van der Waals surface area contributed by atoms with Gasteiger partial charge in [-0.2, -0.15) is 0 Å². The molecule has 0 aliphatic carbocycles. The number of fused-ring (bicyclic) bond motifs is 1. The van der Waals surface area contributed by atoms with E-state index in [4.69, 9.17) is 4.98 Å². The summed E-state index contributed by atoms with van der Waals surface area (Å²) in [5.41, 5.74) is 5.78. The van der Waals surface area contributed by atoms with E-state index in [9.17, 15) is 0 Å². The first kappa shape index (κ1) is 17.2. The summed E-state index contributed by atoms with van der Waals surface area (Å²) in [4.78, 5) is 21.3. The van der Waals surface area contributed by atoms with Crippen molar-refractivity contribution in [3.8, 4) is 22.5 Å². The number of aromatic nitrogens is 4. The number of thiophene rings is 1. The summed E-state index contributed by atoms with van der Waals surface area (Å²) < 4.78 is 0. The normalized spacial score (nSPS) is 14.0. The molecule has 28 heavy (non-hydrogen) atoms. The van der Waals surface area contributed by atoms with Crippen LogP contribution in [0.1, 0.15) is 16.1 Å². The van der Waals surface area contributed by atoms with E-state index >= 15 is 0 Å². The van der Waals surface area contributed by atoms with Gasteiger partial charge in [0.1, 0.15) is 6.33 Å². The van der Waals surface area contributed by atoms with Gasteiger partial charge in [-0.3, -0.25) is 4.90 Å². The van der Waals surface area contributed by atoms with Crippen LogP contribution in [0.5, 0.6) is 0 Å². The van der Waals surface area contributed by atoms with E-state index in [2.05, 4.69) is 61.6 Å². The van der Waals surface area contributed by atoms with Crippen LogP contribution in [-0.2, 0) is 19.5 Å². The van der Waals surface area contributed by atoms with Crippen LogP contribution in [-0.4, -0.2) is 31.4 Å². The van der Waals surface area contributed by atoms with E-state index in [1.807, 2.05) is 17.5 Å². The van der Waals surface area contributed by atoms with Gasteiger partial charge < -0.3 is 0 Å². The molecule has 0 N–H and O–H groups in total. The molecule has 4 heterocycles. The van der Waals surface area contributed by atoms with Gasteiger partial charge in [0, 0.05) is 43.1 Å². The first-order valence-corrected chi connectivity index (χ1v) is 10.2. The zero-order valence-corrected chi connectivity index (χ0v) is 16.1. The van der Waals surface area contributed by atoms with Crippen molar-refractivity contribution >= 4 is 11.3 Å². The average Bonchev–Trinajstić information content (AvgIpc) is 3.23. The summed E-state index contributed by atoms with van der Waals surface area (Å²) in [5, 5.41) is 2.25. The van der Waals surface area contributed by atoms with Crippen molar-refractivity contribution in [2.24, 2.45) is 0 Å². The zero-order chi connectivity index (χ0) is 18.8. The van der Waals surface area contributed by atoms with Crippen LogP contribution in [0.3, 0.4) is 0 Å². The van der Waals surface area contributed by atoms with Gasteiger partial charge in [-0.1, -0.05) is 30.3 Å². The van der Waals surface area contributed by atoms with Gasteiger partial charge in [-0.15, -0.1) is 11.3 Å². The van der Waals surface area contributed by atoms with Crippen LogP contribution in [0, 0.1) is 0 Å². The Morgan fingerprint density at radius 1 is 0.964 bits per heavy atom. The van der Waals surface area contributed by atoms with Gasteiger partial charge in [-0.05, 0) is 34.6 Å². The third-order valence-electron chi connectivity index (χ3n) is 4.98. The highest BCUT2D eigenvalue weighted by Gasteiger charge is 2.19. The van der Waals surface area contributed by atoms with Crippen molar-refractivity contribution in [3.05, 3.63) is 82.8 Å². The summed E-state index contributed by atoms with van der Waals surface area (Å²) in [7, 11) is 0. The summed E-state index contributed by atoms with van der Waals surface area (Å²) in [6, 6.07) is 12.9. The van der Waals surface area contributed by atoms with E-state index in [-0.39, 0.29) is 0 Å². The SMILES string of the molecule is c1ccc(-c2csc(CN3CCc4cnc(-c5cncnc5)nc4C3)c2)cc1. The molecule has 0 atom stereocenters. The Morgan fingerprint density at radius 2 is 1.82 bits per heavy atom. The molecule has 1 aliphatic rings. The van der Waals surface area contributed by atoms with E-state index in [1.54, 1.807) is 12.4 Å². The van der Waals surface area contributed by atoms with Crippen LogP contribution in [0.15, 0.2) is 66.7 Å². The van der Waals surface area contributed by atoms with Crippen LogP contribution in [0.2, 0.25) is 0 Å². The van der Waals surface area contributed by atoms with Crippen LogP contribution >= 0.6 is 11.3 Å². The lowest BCUT2D eigenvalue weighted by atomic mass is 10.1. The lowest BCUT2D eigenvalue weighted by molar-refractivity contribution is 0.243. The molecule has 1 aromatic carbocycles. The molecule has 0 saturated heterocycles. The van der Waals surface area contributed by atoms with Crippen molar-refractivity contribution in [1.29, 1.82) is 0 Å². The Hall–Kier alpha value is -2.96. The average molecular weight is 385 g/mol. The van der Waals surface area contributed by atoms with Crippen molar-refractivity contribution < 1.29 is 0 Å². The second-order valence-corrected chi connectivity index (χ2v) is 7.92. The Balaban J connectivity index is 1.33. The molecule has 0 spiro atoms. The first-order valence-electron chi connectivity index (χ1n) is 9.30. The molecule has 0 amide bonds. The van der Waals surface area contributed by atoms with Gasteiger partial charge in [0.25, 0.3) is 0 Å². The molecule has 5 nitrogen and oxygen atoms in total. The number of hydrogen-bond donors (Lipinski definition) is 0. The largest absolute Gasteiger partial charge is 0.292 e. The Kier molecular flexibility index (Phi) is 4.64. The molecule has 0 saturated carbocycles. The second kappa shape index (κ2) is 7.58. The maximum Gasteiger partial charge on any atom is 0.162 e. The molecule has 4 aromatic rings. The quantitative estimate of drug-likeness (QED) is 0.526. The standard InChI is InChI=1S/C22H19N5S/c1-2-4-16(5-3-1)18-8-20(28-14-18)12-27-7-6-17-11-25-22(26-21(17)13-27)19-9-23-15-24-10-19/h1-5,8-11,14-15H,6-7,12-13H2. The molecule has 0 bridgehead atoms. The Bertz CT molecular complexity index is 1080. The highest BCUT2D eigenvalue weighted by atomic mass is 32.1. The Labute approximate surface area is 167 Å². The van der Waals surface area contributed by atoms with Crippen molar-refractivity contribution in [1.82, 2.24) is 24.8 Å². The maximum atomic E-state index is 4.80. The summed E-state index contributed by atoms with van der Waals surface area (Å²) in [5.74, 6) is 0.698. The van der Waals surface area contributed by atoms with Crippen LogP contribution in [0.4, 0.5) is 0 Å². The topological polar surface area (TPSA) is 54.8 Å². The smallest absolute Gasteiger partial charge is 0.162 e. The molecule has 1 aliphatic heterocycles. The van der Waals surface area contributed by atoms with Gasteiger partial charge in [0.15, 0.2) is 5.82 Å². The third-order valence-corrected chi connectivity index (χ3v) is 5.91. The second-order valence-electron chi connectivity index (χ2n) is 6.92. The summed E-state index contributed by atoms with van der Waals surface area (Å²) in [6.07, 6.45) is 7.98. The highest BCUT2D eigenvalue weighted by Crippen LogP contribution is 2.28. The van der Waals surface area contributed by atoms with Gasteiger partial charge in [-0.25, -0.2) is 19.9 Å². The van der Waals surface area contributed by atoms with E-state index in [1.165, 1.54) is 27.9 Å². The predicted octanol–water partition coefficient (Wildman–Crippen LogP) is 4.22. The minimum Gasteiger partial charge on any atom is -0.292 e. The molecule has 138 valence electrons. The van der Waals surface area contributed by atoms with E-state index in [0.29, 0.717) is 5.82 Å². The molecule has 0 radical (unpaired) electrons. The highest BCUT2D eigenvalue weighted by molar-refractivity contribution is 7.10. The van der Waals surface area contributed by atoms with Crippen LogP contribution in [0.25, 0.3) is 22.5 Å². The van der Waals surface area contributed by atoms with Crippen molar-refractivity contribution in [2.45, 2.75) is 19.5 Å². The van der Waals surface area contributed by atoms with Gasteiger partial charge >= 0.3 is 0 Å². The Morgan fingerprint density at radius 3 is 2.68 bits per heavy atom. The molecule has 3 aromatic heterocycles. The zero-order valence-electron chi connectivity index (χ0n) is 15.3. The minimum absolute atomic E-state index is 0.698. The molecular formula is C22H19N5S. The lowest BCUT2D eigenvalue weighted by Gasteiger charge is -2.27.